The van der Waals surface area contributed by atoms with Crippen molar-refractivity contribution in [3.8, 4) is 5.75 Å². The van der Waals surface area contributed by atoms with Gasteiger partial charge in [-0.15, -0.1) is 0 Å². The summed E-state index contributed by atoms with van der Waals surface area (Å²) in [5.41, 5.74) is 1.10. The molecule has 0 unspecified atom stereocenters. The minimum absolute atomic E-state index is 0.00470. The van der Waals surface area contributed by atoms with Gasteiger partial charge in [-0.2, -0.15) is 0 Å². The van der Waals surface area contributed by atoms with Gasteiger partial charge in [0.05, 0.1) is 25.3 Å². The standard InChI is InChI=1S/C11H9ClN2O3/c1-16-6-3-4-7-8(5-6)13-9(10(12)14-7)11(15)17-2/h3-5H,1-2H3. The Hall–Kier alpha value is -1.88. The van der Waals surface area contributed by atoms with E-state index in [1.54, 1.807) is 25.3 Å². The molecule has 0 saturated heterocycles. The number of hydrogen-bond acceptors (Lipinski definition) is 5. The summed E-state index contributed by atoms with van der Waals surface area (Å²) in [6, 6.07) is 5.13. The molecule has 0 saturated carbocycles. The van der Waals surface area contributed by atoms with Crippen LogP contribution in [0.5, 0.6) is 5.75 Å². The number of esters is 1. The second kappa shape index (κ2) is 4.55. The van der Waals surface area contributed by atoms with Gasteiger partial charge in [-0.1, -0.05) is 11.6 Å². The molecule has 1 aromatic carbocycles. The first-order chi connectivity index (χ1) is 8.15. The zero-order chi connectivity index (χ0) is 12.4. The van der Waals surface area contributed by atoms with Crippen LogP contribution in [0.2, 0.25) is 5.15 Å². The number of rotatable bonds is 2. The van der Waals surface area contributed by atoms with Crippen LogP contribution in [-0.4, -0.2) is 30.2 Å². The van der Waals surface area contributed by atoms with Gasteiger partial charge in [0.15, 0.2) is 10.8 Å². The van der Waals surface area contributed by atoms with Gasteiger partial charge in [0, 0.05) is 6.07 Å². The Morgan fingerprint density at radius 1 is 1.24 bits per heavy atom. The van der Waals surface area contributed by atoms with Gasteiger partial charge in [0.2, 0.25) is 0 Å². The SMILES string of the molecule is COC(=O)c1nc2cc(OC)ccc2nc1Cl. The molecule has 0 amide bonds. The van der Waals surface area contributed by atoms with Gasteiger partial charge < -0.3 is 9.47 Å². The van der Waals surface area contributed by atoms with E-state index in [4.69, 9.17) is 16.3 Å². The molecule has 88 valence electrons. The normalized spacial score (nSPS) is 10.3. The van der Waals surface area contributed by atoms with E-state index in [0.29, 0.717) is 16.8 Å². The van der Waals surface area contributed by atoms with Crippen molar-refractivity contribution >= 4 is 28.6 Å². The van der Waals surface area contributed by atoms with Crippen molar-refractivity contribution in [2.24, 2.45) is 0 Å². The summed E-state index contributed by atoms with van der Waals surface area (Å²) in [5.74, 6) is 0.0113. The second-order valence-corrected chi connectivity index (χ2v) is 3.57. The molecule has 0 spiro atoms. The van der Waals surface area contributed by atoms with Crippen molar-refractivity contribution in [2.45, 2.75) is 0 Å². The number of ether oxygens (including phenoxy) is 2. The van der Waals surface area contributed by atoms with E-state index in [1.807, 2.05) is 0 Å². The zero-order valence-electron chi connectivity index (χ0n) is 9.23. The first kappa shape index (κ1) is 11.6. The number of aromatic nitrogens is 2. The molecule has 17 heavy (non-hydrogen) atoms. The Bertz CT molecular complexity index is 586. The Morgan fingerprint density at radius 2 is 2.00 bits per heavy atom. The lowest BCUT2D eigenvalue weighted by molar-refractivity contribution is 0.0594. The van der Waals surface area contributed by atoms with E-state index in [0.717, 1.165) is 0 Å². The van der Waals surface area contributed by atoms with Crippen molar-refractivity contribution in [1.82, 2.24) is 9.97 Å². The fourth-order valence-corrected chi connectivity index (χ4v) is 1.58. The molecule has 5 nitrogen and oxygen atoms in total. The Morgan fingerprint density at radius 3 is 2.65 bits per heavy atom. The smallest absolute Gasteiger partial charge is 0.359 e. The number of nitrogens with zero attached hydrogens (tertiary/aromatic N) is 2. The monoisotopic (exact) mass is 252 g/mol. The molecule has 0 fully saturated rings. The third-order valence-electron chi connectivity index (χ3n) is 2.21. The lowest BCUT2D eigenvalue weighted by Gasteiger charge is -2.04. The molecule has 6 heteroatoms. The van der Waals surface area contributed by atoms with Gasteiger partial charge in [-0.05, 0) is 12.1 Å². The Balaban J connectivity index is 2.64. The van der Waals surface area contributed by atoms with E-state index in [1.165, 1.54) is 7.11 Å². The molecule has 0 radical (unpaired) electrons. The number of methoxy groups -OCH3 is 2. The average Bonchev–Trinajstić information content (AvgIpc) is 2.36. The highest BCUT2D eigenvalue weighted by molar-refractivity contribution is 6.32. The van der Waals surface area contributed by atoms with Crippen LogP contribution < -0.4 is 4.74 Å². The molecule has 0 aliphatic rings. The summed E-state index contributed by atoms with van der Waals surface area (Å²) in [4.78, 5) is 19.6. The van der Waals surface area contributed by atoms with E-state index in [-0.39, 0.29) is 10.8 Å². The summed E-state index contributed by atoms with van der Waals surface area (Å²) in [5, 5.41) is 0.0227. The predicted octanol–water partition coefficient (Wildman–Crippen LogP) is 2.08. The predicted molar refractivity (Wildman–Crippen MR) is 62.4 cm³/mol. The van der Waals surface area contributed by atoms with Crippen molar-refractivity contribution in [3.05, 3.63) is 29.0 Å². The summed E-state index contributed by atoms with van der Waals surface area (Å²) >= 11 is 5.84. The Kier molecular flexibility index (Phi) is 3.10. The molecule has 0 aliphatic heterocycles. The van der Waals surface area contributed by atoms with Gasteiger partial charge >= 0.3 is 5.97 Å². The van der Waals surface area contributed by atoms with Gasteiger partial charge in [-0.25, -0.2) is 14.8 Å². The maximum Gasteiger partial charge on any atom is 0.359 e. The van der Waals surface area contributed by atoms with Gasteiger partial charge in [-0.3, -0.25) is 0 Å². The maximum atomic E-state index is 11.4. The summed E-state index contributed by atoms with van der Waals surface area (Å²) in [6.45, 7) is 0. The average molecular weight is 253 g/mol. The minimum atomic E-state index is -0.618. The molecule has 2 aromatic rings. The van der Waals surface area contributed by atoms with Gasteiger partial charge in [0.25, 0.3) is 0 Å². The van der Waals surface area contributed by atoms with Crippen LogP contribution in [0.4, 0.5) is 0 Å². The summed E-state index contributed by atoms with van der Waals surface area (Å²) in [6.07, 6.45) is 0. The van der Waals surface area contributed by atoms with Crippen LogP contribution in [0.1, 0.15) is 10.5 Å². The maximum absolute atomic E-state index is 11.4. The fourth-order valence-electron chi connectivity index (χ4n) is 1.37. The number of carbonyl (C=O) groups is 1. The van der Waals surface area contributed by atoms with Crippen molar-refractivity contribution < 1.29 is 14.3 Å². The molecule has 0 bridgehead atoms. The van der Waals surface area contributed by atoms with E-state index in [2.05, 4.69) is 14.7 Å². The van der Waals surface area contributed by atoms with Gasteiger partial charge in [0.1, 0.15) is 5.75 Å². The highest BCUT2D eigenvalue weighted by atomic mass is 35.5. The minimum Gasteiger partial charge on any atom is -0.497 e. The first-order valence-corrected chi connectivity index (χ1v) is 5.13. The van der Waals surface area contributed by atoms with E-state index < -0.39 is 5.97 Å². The topological polar surface area (TPSA) is 61.3 Å². The van der Waals surface area contributed by atoms with Crippen molar-refractivity contribution in [1.29, 1.82) is 0 Å². The summed E-state index contributed by atoms with van der Waals surface area (Å²) < 4.78 is 9.63. The van der Waals surface area contributed by atoms with Crippen LogP contribution >= 0.6 is 11.6 Å². The molecular formula is C11H9ClN2O3. The Labute approximate surface area is 102 Å². The number of fused-ring (bicyclic) bond motifs is 1. The molecule has 0 atom stereocenters. The second-order valence-electron chi connectivity index (χ2n) is 3.21. The molecule has 0 aliphatic carbocycles. The molecule has 0 N–H and O–H groups in total. The fraction of sp³-hybridized carbons (Fsp3) is 0.182. The van der Waals surface area contributed by atoms with E-state index >= 15 is 0 Å². The number of hydrogen-bond donors (Lipinski definition) is 0. The molecule has 1 heterocycles. The van der Waals surface area contributed by atoms with Crippen molar-refractivity contribution in [2.75, 3.05) is 14.2 Å². The number of benzene rings is 1. The van der Waals surface area contributed by atoms with Crippen LogP contribution in [0.3, 0.4) is 0 Å². The highest BCUT2D eigenvalue weighted by Gasteiger charge is 2.15. The zero-order valence-corrected chi connectivity index (χ0v) is 9.99. The lowest BCUT2D eigenvalue weighted by Crippen LogP contribution is -2.06. The number of carbonyl (C=O) groups excluding carboxylic acids is 1. The van der Waals surface area contributed by atoms with Crippen LogP contribution in [-0.2, 0) is 4.74 Å². The third-order valence-corrected chi connectivity index (χ3v) is 2.47. The molecular weight excluding hydrogens is 244 g/mol. The highest BCUT2D eigenvalue weighted by Crippen LogP contribution is 2.21. The molecule has 1 aromatic heterocycles. The molecule has 2 rings (SSSR count). The van der Waals surface area contributed by atoms with E-state index in [9.17, 15) is 4.79 Å². The summed E-state index contributed by atoms with van der Waals surface area (Å²) in [7, 11) is 2.81. The van der Waals surface area contributed by atoms with Crippen LogP contribution in [0.25, 0.3) is 11.0 Å². The quantitative estimate of drug-likeness (QED) is 0.766. The lowest BCUT2D eigenvalue weighted by atomic mass is 10.2. The first-order valence-electron chi connectivity index (χ1n) is 4.75. The number of halogens is 1. The van der Waals surface area contributed by atoms with Crippen molar-refractivity contribution in [3.63, 3.8) is 0 Å². The van der Waals surface area contributed by atoms with Crippen LogP contribution in [0.15, 0.2) is 18.2 Å². The van der Waals surface area contributed by atoms with Crippen LogP contribution in [0, 0.1) is 0 Å². The third kappa shape index (κ3) is 2.14. The largest absolute Gasteiger partial charge is 0.497 e.